The molecule has 0 amide bonds. The molecule has 0 aliphatic carbocycles. The molecule has 1 aliphatic rings. The van der Waals surface area contributed by atoms with Crippen LogP contribution >= 0.6 is 0 Å². The minimum absolute atomic E-state index is 0.0951. The van der Waals surface area contributed by atoms with Gasteiger partial charge in [0.25, 0.3) is 0 Å². The predicted octanol–water partition coefficient (Wildman–Crippen LogP) is 2.37. The number of aryl methyl sites for hydroxylation is 1. The number of rotatable bonds is 6. The van der Waals surface area contributed by atoms with Gasteiger partial charge in [-0.25, -0.2) is 0 Å². The Kier molecular flexibility index (Phi) is 5.43. The Hall–Kier alpha value is -0.840. The van der Waals surface area contributed by atoms with Gasteiger partial charge in [0.1, 0.15) is 11.5 Å². The zero-order valence-corrected chi connectivity index (χ0v) is 12.0. The Labute approximate surface area is 115 Å². The molecule has 0 aromatic carbocycles. The van der Waals surface area contributed by atoms with Crippen molar-refractivity contribution in [2.24, 2.45) is 5.92 Å². The van der Waals surface area contributed by atoms with Gasteiger partial charge >= 0.3 is 0 Å². The summed E-state index contributed by atoms with van der Waals surface area (Å²) < 4.78 is 11.2. The Morgan fingerprint density at radius 3 is 2.95 bits per heavy atom. The number of hydrogen-bond donors (Lipinski definition) is 1. The van der Waals surface area contributed by atoms with Crippen molar-refractivity contribution >= 4 is 0 Å². The summed E-state index contributed by atoms with van der Waals surface area (Å²) in [7, 11) is 0. The van der Waals surface area contributed by atoms with Gasteiger partial charge in [-0.2, -0.15) is 0 Å². The highest BCUT2D eigenvalue weighted by atomic mass is 16.5. The molecule has 1 N–H and O–H groups in total. The number of aliphatic hydroxyl groups excluding tert-OH is 1. The molecule has 0 spiro atoms. The highest BCUT2D eigenvalue weighted by Gasteiger charge is 2.29. The maximum atomic E-state index is 8.72. The number of aliphatic hydroxyl groups is 1. The lowest BCUT2D eigenvalue weighted by Gasteiger charge is -2.37. The fourth-order valence-corrected chi connectivity index (χ4v) is 2.73. The third kappa shape index (κ3) is 4.06. The lowest BCUT2D eigenvalue weighted by atomic mass is 9.91. The molecule has 2 rings (SSSR count). The molecular formula is C15H25NO3. The molecule has 1 aromatic heterocycles. The van der Waals surface area contributed by atoms with Crippen molar-refractivity contribution in [2.75, 3.05) is 32.9 Å². The van der Waals surface area contributed by atoms with E-state index in [0.717, 1.165) is 36.9 Å². The largest absolute Gasteiger partial charge is 0.465 e. The summed E-state index contributed by atoms with van der Waals surface area (Å²) in [5.41, 5.74) is 0. The van der Waals surface area contributed by atoms with Crippen molar-refractivity contribution in [3.8, 4) is 0 Å². The normalized spacial score (nSPS) is 24.8. The second-order valence-electron chi connectivity index (χ2n) is 5.47. The summed E-state index contributed by atoms with van der Waals surface area (Å²) in [6, 6.07) is 4.50. The van der Waals surface area contributed by atoms with E-state index in [2.05, 4.69) is 17.9 Å². The first kappa shape index (κ1) is 14.6. The van der Waals surface area contributed by atoms with E-state index < -0.39 is 0 Å². The van der Waals surface area contributed by atoms with Crippen molar-refractivity contribution in [3.63, 3.8) is 0 Å². The van der Waals surface area contributed by atoms with E-state index in [1.807, 2.05) is 13.0 Å². The fraction of sp³-hybridized carbons (Fsp3) is 0.733. The number of hydrogen-bond acceptors (Lipinski definition) is 4. The van der Waals surface area contributed by atoms with Gasteiger partial charge in [0.15, 0.2) is 0 Å². The predicted molar refractivity (Wildman–Crippen MR) is 74.1 cm³/mol. The zero-order valence-electron chi connectivity index (χ0n) is 12.0. The molecule has 2 heterocycles. The standard InChI is InChI=1S/C15H25NO3/c1-12-5-6-16(7-9-18-10-8-17)14(11-12)15-4-3-13(2)19-15/h3-4,12,14,17H,5-11H2,1-2H3/t12-,14-/m1/s1. The van der Waals surface area contributed by atoms with Crippen molar-refractivity contribution in [2.45, 2.75) is 32.7 Å². The summed E-state index contributed by atoms with van der Waals surface area (Å²) >= 11 is 0. The second-order valence-corrected chi connectivity index (χ2v) is 5.47. The van der Waals surface area contributed by atoms with Crippen molar-refractivity contribution in [3.05, 3.63) is 23.7 Å². The first-order chi connectivity index (χ1) is 9.20. The summed E-state index contributed by atoms with van der Waals surface area (Å²) in [4.78, 5) is 2.44. The van der Waals surface area contributed by atoms with Gasteiger partial charge in [-0.05, 0) is 44.4 Å². The van der Waals surface area contributed by atoms with Gasteiger partial charge in [-0.3, -0.25) is 4.90 Å². The average Bonchev–Trinajstić information content (AvgIpc) is 2.82. The van der Waals surface area contributed by atoms with E-state index in [-0.39, 0.29) is 6.61 Å². The summed E-state index contributed by atoms with van der Waals surface area (Å²) in [6.07, 6.45) is 2.38. The molecule has 2 atom stereocenters. The molecule has 4 nitrogen and oxygen atoms in total. The van der Waals surface area contributed by atoms with Crippen LogP contribution in [0.4, 0.5) is 0 Å². The van der Waals surface area contributed by atoms with Crippen LogP contribution in [0.3, 0.4) is 0 Å². The first-order valence-corrected chi connectivity index (χ1v) is 7.19. The van der Waals surface area contributed by atoms with Crippen LogP contribution in [0, 0.1) is 12.8 Å². The highest BCUT2D eigenvalue weighted by Crippen LogP contribution is 2.34. The van der Waals surface area contributed by atoms with Gasteiger partial charge in [-0.1, -0.05) is 6.92 Å². The first-order valence-electron chi connectivity index (χ1n) is 7.19. The van der Waals surface area contributed by atoms with E-state index in [9.17, 15) is 0 Å². The van der Waals surface area contributed by atoms with Gasteiger partial charge in [-0.15, -0.1) is 0 Å². The Morgan fingerprint density at radius 2 is 2.26 bits per heavy atom. The van der Waals surface area contributed by atoms with Crippen LogP contribution in [-0.4, -0.2) is 42.9 Å². The van der Waals surface area contributed by atoms with Crippen LogP contribution < -0.4 is 0 Å². The van der Waals surface area contributed by atoms with E-state index in [1.165, 1.54) is 6.42 Å². The minimum Gasteiger partial charge on any atom is -0.465 e. The summed E-state index contributed by atoms with van der Waals surface area (Å²) in [6.45, 7) is 7.48. The number of nitrogens with zero attached hydrogens (tertiary/aromatic N) is 1. The molecule has 0 bridgehead atoms. The van der Waals surface area contributed by atoms with Crippen molar-refractivity contribution < 1.29 is 14.3 Å². The minimum atomic E-state index is 0.0951. The maximum Gasteiger partial charge on any atom is 0.121 e. The van der Waals surface area contributed by atoms with E-state index in [1.54, 1.807) is 0 Å². The Balaban J connectivity index is 1.94. The molecule has 0 unspecified atom stereocenters. The van der Waals surface area contributed by atoms with Gasteiger partial charge < -0.3 is 14.3 Å². The molecule has 0 radical (unpaired) electrons. The van der Waals surface area contributed by atoms with Gasteiger partial charge in [0.05, 0.1) is 25.9 Å². The number of ether oxygens (including phenoxy) is 1. The molecule has 1 aromatic rings. The third-order valence-corrected chi connectivity index (χ3v) is 3.82. The molecular weight excluding hydrogens is 242 g/mol. The van der Waals surface area contributed by atoms with Crippen LogP contribution in [0.5, 0.6) is 0 Å². The quantitative estimate of drug-likeness (QED) is 0.804. The smallest absolute Gasteiger partial charge is 0.121 e. The van der Waals surface area contributed by atoms with Crippen LogP contribution in [-0.2, 0) is 4.74 Å². The third-order valence-electron chi connectivity index (χ3n) is 3.82. The molecule has 19 heavy (non-hydrogen) atoms. The van der Waals surface area contributed by atoms with Crippen LogP contribution in [0.2, 0.25) is 0 Å². The van der Waals surface area contributed by atoms with Crippen LogP contribution in [0.25, 0.3) is 0 Å². The maximum absolute atomic E-state index is 8.72. The lowest BCUT2D eigenvalue weighted by Crippen LogP contribution is -2.38. The monoisotopic (exact) mass is 267 g/mol. The van der Waals surface area contributed by atoms with Crippen molar-refractivity contribution in [1.29, 1.82) is 0 Å². The Bertz CT molecular complexity index is 377. The lowest BCUT2D eigenvalue weighted by molar-refractivity contribution is 0.0395. The molecule has 108 valence electrons. The molecule has 1 aliphatic heterocycles. The second kappa shape index (κ2) is 7.08. The van der Waals surface area contributed by atoms with E-state index >= 15 is 0 Å². The molecule has 1 fully saturated rings. The SMILES string of the molecule is Cc1ccc([C@H]2C[C@H](C)CCN2CCOCCO)o1. The Morgan fingerprint density at radius 1 is 1.42 bits per heavy atom. The zero-order chi connectivity index (χ0) is 13.7. The summed E-state index contributed by atoms with van der Waals surface area (Å²) in [5.74, 6) is 2.79. The van der Waals surface area contributed by atoms with E-state index in [4.69, 9.17) is 14.3 Å². The molecule has 4 heteroatoms. The molecule has 1 saturated heterocycles. The van der Waals surface area contributed by atoms with Gasteiger partial charge in [0.2, 0.25) is 0 Å². The average molecular weight is 267 g/mol. The highest BCUT2D eigenvalue weighted by molar-refractivity contribution is 5.11. The summed E-state index contributed by atoms with van der Waals surface area (Å²) in [5, 5.41) is 8.72. The van der Waals surface area contributed by atoms with Crippen LogP contribution in [0.15, 0.2) is 16.5 Å². The molecule has 0 saturated carbocycles. The topological polar surface area (TPSA) is 45.8 Å². The van der Waals surface area contributed by atoms with Crippen molar-refractivity contribution in [1.82, 2.24) is 4.90 Å². The van der Waals surface area contributed by atoms with E-state index in [0.29, 0.717) is 19.3 Å². The van der Waals surface area contributed by atoms with Gasteiger partial charge in [0, 0.05) is 6.54 Å². The fourth-order valence-electron chi connectivity index (χ4n) is 2.73. The van der Waals surface area contributed by atoms with Crippen LogP contribution in [0.1, 0.15) is 37.3 Å². The number of likely N-dealkylation sites (tertiary alicyclic amines) is 1. The number of piperidine rings is 1. The number of furan rings is 1.